The van der Waals surface area contributed by atoms with Gasteiger partial charge in [0.05, 0.1) is 13.3 Å². The normalized spacial score (nSPS) is 11.4. The Bertz CT molecular complexity index is 696. The predicted molar refractivity (Wildman–Crippen MR) is 72.5 cm³/mol. The van der Waals surface area contributed by atoms with Crippen LogP contribution in [0.4, 0.5) is 0 Å². The molecule has 0 radical (unpaired) electrons. The number of imidazole rings is 1. The molecule has 0 saturated carbocycles. The van der Waals surface area contributed by atoms with E-state index in [2.05, 4.69) is 21.8 Å². The van der Waals surface area contributed by atoms with Crippen molar-refractivity contribution in [2.45, 2.75) is 0 Å². The van der Waals surface area contributed by atoms with E-state index in [1.165, 1.54) is 5.52 Å². The fourth-order valence-electron chi connectivity index (χ4n) is 2.00. The van der Waals surface area contributed by atoms with Crippen LogP contribution >= 0.6 is 0 Å². The third-order valence-electron chi connectivity index (χ3n) is 2.92. The summed E-state index contributed by atoms with van der Waals surface area (Å²) in [5.41, 5.74) is 3.37. The quantitative estimate of drug-likeness (QED) is 0.481. The number of fused-ring (bicyclic) bond motifs is 1. The van der Waals surface area contributed by atoms with Crippen molar-refractivity contribution in [3.63, 3.8) is 0 Å². The third kappa shape index (κ3) is 1.91. The number of aromatic nitrogens is 2. The van der Waals surface area contributed by atoms with E-state index in [0.29, 0.717) is 0 Å². The van der Waals surface area contributed by atoms with Gasteiger partial charge in [0.25, 0.3) is 6.33 Å². The highest BCUT2D eigenvalue weighted by molar-refractivity contribution is 5.80. The number of aryl methyl sites for hydroxylation is 1. The van der Waals surface area contributed by atoms with Crippen molar-refractivity contribution in [3.05, 3.63) is 66.5 Å². The molecule has 0 N–H and O–H groups in total. The fourth-order valence-corrected chi connectivity index (χ4v) is 2.00. The maximum absolute atomic E-state index is 4.50. The number of para-hydroxylation sites is 2. The topological polar surface area (TPSA) is 21.2 Å². The molecule has 3 rings (SSSR count). The lowest BCUT2D eigenvalue weighted by Gasteiger charge is -1.89. The van der Waals surface area contributed by atoms with Crippen LogP contribution < -0.4 is 4.57 Å². The van der Waals surface area contributed by atoms with Gasteiger partial charge < -0.3 is 0 Å². The Morgan fingerprint density at radius 3 is 2.56 bits per heavy atom. The minimum atomic E-state index is 1.10. The van der Waals surface area contributed by atoms with Crippen molar-refractivity contribution >= 4 is 17.2 Å². The van der Waals surface area contributed by atoms with E-state index in [1.54, 1.807) is 0 Å². The van der Waals surface area contributed by atoms with Crippen molar-refractivity contribution in [2.75, 3.05) is 0 Å². The second-order valence-corrected chi connectivity index (χ2v) is 4.21. The summed E-state index contributed by atoms with van der Waals surface area (Å²) < 4.78 is 3.96. The van der Waals surface area contributed by atoms with Crippen LogP contribution in [-0.2, 0) is 7.05 Å². The van der Waals surface area contributed by atoms with E-state index in [4.69, 9.17) is 0 Å². The Labute approximate surface area is 106 Å². The highest BCUT2D eigenvalue weighted by Crippen LogP contribution is 2.09. The lowest BCUT2D eigenvalue weighted by molar-refractivity contribution is -0.645. The van der Waals surface area contributed by atoms with Gasteiger partial charge in [0.15, 0.2) is 5.52 Å². The Morgan fingerprint density at radius 2 is 1.72 bits per heavy atom. The average molecular weight is 236 g/mol. The molecule has 0 atom stereocenters. The summed E-state index contributed by atoms with van der Waals surface area (Å²) in [6, 6.07) is 18.3. The van der Waals surface area contributed by atoms with E-state index < -0.39 is 0 Å². The molecule has 0 aliphatic carbocycles. The van der Waals surface area contributed by atoms with Gasteiger partial charge in [0.1, 0.15) is 0 Å². The first kappa shape index (κ1) is 10.7. The highest BCUT2D eigenvalue weighted by atomic mass is 15.4. The van der Waals surface area contributed by atoms with E-state index in [-0.39, 0.29) is 0 Å². The van der Waals surface area contributed by atoms with Crippen LogP contribution in [0, 0.1) is 0 Å². The maximum atomic E-state index is 4.50. The van der Waals surface area contributed by atoms with Crippen molar-refractivity contribution in [2.24, 2.45) is 12.1 Å². The number of hydrogen-bond acceptors (Lipinski definition) is 1. The monoisotopic (exact) mass is 236 g/mol. The lowest BCUT2D eigenvalue weighted by atomic mass is 10.2. The summed E-state index contributed by atoms with van der Waals surface area (Å²) in [7, 11) is 2.02. The van der Waals surface area contributed by atoms with Crippen LogP contribution in [0.3, 0.4) is 0 Å². The summed E-state index contributed by atoms with van der Waals surface area (Å²) in [6.45, 7) is 0. The first-order chi connectivity index (χ1) is 8.84. The summed E-state index contributed by atoms with van der Waals surface area (Å²) in [5.74, 6) is 0. The standard InChI is InChI=1S/C15H14N3/c1-17-12-18(15-10-6-5-9-14(15)17)16-11-13-7-3-2-4-8-13/h2-12H,1H3/q+1/b16-11+. The molecule has 0 bridgehead atoms. The molecule has 0 aliphatic heterocycles. The third-order valence-corrected chi connectivity index (χ3v) is 2.92. The van der Waals surface area contributed by atoms with Crippen LogP contribution in [0.1, 0.15) is 5.56 Å². The Hall–Kier alpha value is -2.42. The summed E-state index contributed by atoms with van der Waals surface area (Å²) in [6.07, 6.45) is 3.84. The van der Waals surface area contributed by atoms with Crippen molar-refractivity contribution in [1.29, 1.82) is 0 Å². The smallest absolute Gasteiger partial charge is 0.231 e. The zero-order valence-corrected chi connectivity index (χ0v) is 10.2. The van der Waals surface area contributed by atoms with Crippen LogP contribution in [0.25, 0.3) is 11.0 Å². The zero-order chi connectivity index (χ0) is 12.4. The van der Waals surface area contributed by atoms with Crippen LogP contribution in [0.2, 0.25) is 0 Å². The Kier molecular flexibility index (Phi) is 2.65. The number of hydrogen-bond donors (Lipinski definition) is 0. The molecule has 2 aromatic carbocycles. The average Bonchev–Trinajstić information content (AvgIpc) is 2.75. The molecule has 0 aliphatic rings. The van der Waals surface area contributed by atoms with E-state index >= 15 is 0 Å². The second kappa shape index (κ2) is 4.45. The van der Waals surface area contributed by atoms with Gasteiger partial charge in [-0.3, -0.25) is 0 Å². The summed E-state index contributed by atoms with van der Waals surface area (Å²) in [4.78, 5) is 0. The predicted octanol–water partition coefficient (Wildman–Crippen LogP) is 2.35. The molecule has 88 valence electrons. The molecule has 0 fully saturated rings. The number of nitrogens with zero attached hydrogens (tertiary/aromatic N) is 3. The second-order valence-electron chi connectivity index (χ2n) is 4.21. The lowest BCUT2D eigenvalue weighted by Crippen LogP contribution is -2.25. The molecular weight excluding hydrogens is 222 g/mol. The Morgan fingerprint density at radius 1 is 1.00 bits per heavy atom. The van der Waals surface area contributed by atoms with Gasteiger partial charge in [0, 0.05) is 0 Å². The first-order valence-electron chi connectivity index (χ1n) is 5.90. The zero-order valence-electron chi connectivity index (χ0n) is 10.2. The number of rotatable bonds is 2. The van der Waals surface area contributed by atoms with Crippen LogP contribution in [0.15, 0.2) is 66.0 Å². The van der Waals surface area contributed by atoms with Gasteiger partial charge in [-0.2, -0.15) is 0 Å². The SMILES string of the molecule is C[n+]1cn(/N=C/c2ccccc2)c2ccccc21. The van der Waals surface area contributed by atoms with Gasteiger partial charge in [0.2, 0.25) is 5.52 Å². The number of benzene rings is 2. The minimum absolute atomic E-state index is 1.10. The largest absolute Gasteiger partial charge is 0.270 e. The van der Waals surface area contributed by atoms with E-state index in [1.807, 2.05) is 66.7 Å². The first-order valence-corrected chi connectivity index (χ1v) is 5.90. The van der Waals surface area contributed by atoms with Crippen LogP contribution in [0.5, 0.6) is 0 Å². The molecule has 1 heterocycles. The molecule has 3 heteroatoms. The maximum Gasteiger partial charge on any atom is 0.270 e. The van der Waals surface area contributed by atoms with Gasteiger partial charge in [-0.25, -0.2) is 4.57 Å². The summed E-state index contributed by atoms with van der Waals surface area (Å²) in [5, 5.41) is 4.50. The summed E-state index contributed by atoms with van der Waals surface area (Å²) >= 11 is 0. The van der Waals surface area contributed by atoms with Crippen LogP contribution in [-0.4, -0.2) is 10.9 Å². The molecule has 18 heavy (non-hydrogen) atoms. The molecule has 1 aromatic heterocycles. The molecule has 0 unspecified atom stereocenters. The van der Waals surface area contributed by atoms with Crippen molar-refractivity contribution in [1.82, 2.24) is 4.68 Å². The van der Waals surface area contributed by atoms with E-state index in [9.17, 15) is 0 Å². The molecule has 3 aromatic rings. The molecule has 3 nitrogen and oxygen atoms in total. The van der Waals surface area contributed by atoms with Gasteiger partial charge >= 0.3 is 0 Å². The highest BCUT2D eigenvalue weighted by Gasteiger charge is 2.10. The molecule has 0 amide bonds. The molecule has 0 saturated heterocycles. The van der Waals surface area contributed by atoms with E-state index in [0.717, 1.165) is 11.1 Å². The fraction of sp³-hybridized carbons (Fsp3) is 0.0667. The van der Waals surface area contributed by atoms with Gasteiger partial charge in [-0.15, -0.1) is 0 Å². The van der Waals surface area contributed by atoms with Crippen molar-refractivity contribution < 1.29 is 4.57 Å². The Balaban J connectivity index is 2.03. The molecular formula is C15H14N3+. The van der Waals surface area contributed by atoms with Gasteiger partial charge in [-0.05, 0) is 17.7 Å². The molecule has 0 spiro atoms. The van der Waals surface area contributed by atoms with Gasteiger partial charge in [-0.1, -0.05) is 52.2 Å². The van der Waals surface area contributed by atoms with Crippen molar-refractivity contribution in [3.8, 4) is 0 Å². The minimum Gasteiger partial charge on any atom is -0.231 e.